The van der Waals surface area contributed by atoms with E-state index in [0.717, 1.165) is 13.1 Å². The zero-order valence-electron chi connectivity index (χ0n) is 13.0. The van der Waals surface area contributed by atoms with Gasteiger partial charge in [0.05, 0.1) is 0 Å². The van der Waals surface area contributed by atoms with Gasteiger partial charge in [0.25, 0.3) is 0 Å². The van der Waals surface area contributed by atoms with Crippen molar-refractivity contribution in [1.29, 1.82) is 0 Å². The standard InChI is InChI=1S/C19H22N2/c1-14-8-9-16(10-15(14)2)13-21-18(12-20-3)11-17-6-4-5-7-19(17)21/h4-11,20H,12-13H2,1-3H3. The van der Waals surface area contributed by atoms with Crippen LogP contribution in [0.1, 0.15) is 22.4 Å². The Morgan fingerprint density at radius 1 is 0.952 bits per heavy atom. The van der Waals surface area contributed by atoms with Crippen molar-refractivity contribution in [1.82, 2.24) is 9.88 Å². The van der Waals surface area contributed by atoms with Crippen LogP contribution in [0.15, 0.2) is 48.5 Å². The maximum absolute atomic E-state index is 3.27. The van der Waals surface area contributed by atoms with E-state index in [1.807, 2.05) is 7.05 Å². The number of rotatable bonds is 4. The number of fused-ring (bicyclic) bond motifs is 1. The normalized spacial score (nSPS) is 11.2. The summed E-state index contributed by atoms with van der Waals surface area (Å²) in [5.41, 5.74) is 6.71. The molecule has 0 aliphatic heterocycles. The highest BCUT2D eigenvalue weighted by Gasteiger charge is 2.08. The maximum Gasteiger partial charge on any atom is 0.0486 e. The first-order valence-corrected chi connectivity index (χ1v) is 7.47. The quantitative estimate of drug-likeness (QED) is 0.762. The Morgan fingerprint density at radius 2 is 1.76 bits per heavy atom. The highest BCUT2D eigenvalue weighted by atomic mass is 15.0. The SMILES string of the molecule is CNCc1cc2ccccc2n1Cc1ccc(C)c(C)c1. The summed E-state index contributed by atoms with van der Waals surface area (Å²) in [7, 11) is 2.00. The van der Waals surface area contributed by atoms with Crippen LogP contribution >= 0.6 is 0 Å². The van der Waals surface area contributed by atoms with Crippen LogP contribution in [0.2, 0.25) is 0 Å². The Labute approximate surface area is 126 Å². The molecule has 0 atom stereocenters. The number of aryl methyl sites for hydroxylation is 2. The summed E-state index contributed by atoms with van der Waals surface area (Å²) in [4.78, 5) is 0. The fourth-order valence-electron chi connectivity index (χ4n) is 2.87. The predicted molar refractivity (Wildman–Crippen MR) is 89.7 cm³/mol. The molecule has 3 rings (SSSR count). The molecule has 0 aliphatic carbocycles. The molecule has 1 heterocycles. The van der Waals surface area contributed by atoms with Crippen LogP contribution in [-0.2, 0) is 13.1 Å². The number of aromatic nitrogens is 1. The molecule has 0 unspecified atom stereocenters. The largest absolute Gasteiger partial charge is 0.339 e. The second kappa shape index (κ2) is 5.74. The van der Waals surface area contributed by atoms with Gasteiger partial charge in [0.2, 0.25) is 0 Å². The average Bonchev–Trinajstić information content (AvgIpc) is 2.81. The minimum absolute atomic E-state index is 0.888. The van der Waals surface area contributed by atoms with E-state index in [9.17, 15) is 0 Å². The van der Waals surface area contributed by atoms with E-state index >= 15 is 0 Å². The molecule has 21 heavy (non-hydrogen) atoms. The van der Waals surface area contributed by atoms with Crippen LogP contribution in [0.3, 0.4) is 0 Å². The van der Waals surface area contributed by atoms with Crippen molar-refractivity contribution in [2.75, 3.05) is 7.05 Å². The topological polar surface area (TPSA) is 17.0 Å². The summed E-state index contributed by atoms with van der Waals surface area (Å²) in [6.07, 6.45) is 0. The van der Waals surface area contributed by atoms with Crippen LogP contribution in [0.4, 0.5) is 0 Å². The molecule has 0 radical (unpaired) electrons. The number of benzene rings is 2. The minimum atomic E-state index is 0.888. The van der Waals surface area contributed by atoms with E-state index in [1.54, 1.807) is 0 Å². The van der Waals surface area contributed by atoms with Crippen molar-refractivity contribution < 1.29 is 0 Å². The van der Waals surface area contributed by atoms with Crippen LogP contribution in [0.25, 0.3) is 10.9 Å². The molecule has 2 heteroatoms. The van der Waals surface area contributed by atoms with Crippen LogP contribution in [0, 0.1) is 13.8 Å². The van der Waals surface area contributed by atoms with Crippen LogP contribution in [-0.4, -0.2) is 11.6 Å². The fourth-order valence-corrected chi connectivity index (χ4v) is 2.87. The molecule has 108 valence electrons. The Hall–Kier alpha value is -2.06. The third kappa shape index (κ3) is 2.72. The van der Waals surface area contributed by atoms with Gasteiger partial charge in [0.15, 0.2) is 0 Å². The molecule has 0 amide bonds. The molecule has 2 nitrogen and oxygen atoms in total. The second-order valence-corrected chi connectivity index (χ2v) is 5.73. The van der Waals surface area contributed by atoms with Crippen LogP contribution < -0.4 is 5.32 Å². The molecule has 1 aromatic heterocycles. The molecule has 0 saturated carbocycles. The fraction of sp³-hybridized carbons (Fsp3) is 0.263. The molecule has 0 fully saturated rings. The lowest BCUT2D eigenvalue weighted by atomic mass is 10.1. The lowest BCUT2D eigenvalue weighted by Crippen LogP contribution is -2.12. The molecule has 0 spiro atoms. The summed E-state index contributed by atoms with van der Waals surface area (Å²) >= 11 is 0. The van der Waals surface area contributed by atoms with Crippen molar-refractivity contribution in [2.45, 2.75) is 26.9 Å². The number of nitrogens with one attached hydrogen (secondary N) is 1. The van der Waals surface area contributed by atoms with Gasteiger partial charge in [0.1, 0.15) is 0 Å². The number of hydrogen-bond donors (Lipinski definition) is 1. The molecular weight excluding hydrogens is 256 g/mol. The summed E-state index contributed by atoms with van der Waals surface area (Å²) in [6.45, 7) is 6.16. The van der Waals surface area contributed by atoms with Crippen molar-refractivity contribution in [3.63, 3.8) is 0 Å². The summed E-state index contributed by atoms with van der Waals surface area (Å²) in [5.74, 6) is 0. The lowest BCUT2D eigenvalue weighted by Gasteiger charge is -2.12. The molecule has 1 N–H and O–H groups in total. The molecule has 0 saturated heterocycles. The van der Waals surface area contributed by atoms with Gasteiger partial charge in [-0.3, -0.25) is 0 Å². The van der Waals surface area contributed by atoms with Gasteiger partial charge in [-0.1, -0.05) is 36.4 Å². The first kappa shape index (κ1) is 13.9. The lowest BCUT2D eigenvalue weighted by molar-refractivity contribution is 0.708. The van der Waals surface area contributed by atoms with Gasteiger partial charge in [-0.25, -0.2) is 0 Å². The summed E-state index contributed by atoms with van der Waals surface area (Å²) < 4.78 is 2.41. The highest BCUT2D eigenvalue weighted by molar-refractivity contribution is 5.81. The highest BCUT2D eigenvalue weighted by Crippen LogP contribution is 2.22. The van der Waals surface area contributed by atoms with Crippen molar-refractivity contribution in [3.8, 4) is 0 Å². The zero-order valence-corrected chi connectivity index (χ0v) is 13.0. The molecular formula is C19H22N2. The molecule has 0 bridgehead atoms. The van der Waals surface area contributed by atoms with E-state index in [0.29, 0.717) is 0 Å². The van der Waals surface area contributed by atoms with Crippen LogP contribution in [0.5, 0.6) is 0 Å². The third-order valence-electron chi connectivity index (χ3n) is 4.17. The monoisotopic (exact) mass is 278 g/mol. The molecule has 0 aliphatic rings. The van der Waals surface area contributed by atoms with E-state index in [1.165, 1.54) is 33.3 Å². The zero-order chi connectivity index (χ0) is 14.8. The predicted octanol–water partition coefficient (Wildman–Crippen LogP) is 4.03. The second-order valence-electron chi connectivity index (χ2n) is 5.73. The van der Waals surface area contributed by atoms with Crippen molar-refractivity contribution in [3.05, 3.63) is 70.9 Å². The first-order valence-electron chi connectivity index (χ1n) is 7.47. The van der Waals surface area contributed by atoms with Gasteiger partial charge in [-0.2, -0.15) is 0 Å². The molecule has 3 aromatic rings. The van der Waals surface area contributed by atoms with E-state index < -0.39 is 0 Å². The van der Waals surface area contributed by atoms with E-state index in [-0.39, 0.29) is 0 Å². The Bertz CT molecular complexity index is 768. The van der Waals surface area contributed by atoms with Crippen molar-refractivity contribution >= 4 is 10.9 Å². The third-order valence-corrected chi connectivity index (χ3v) is 4.17. The van der Waals surface area contributed by atoms with Crippen molar-refractivity contribution in [2.24, 2.45) is 0 Å². The van der Waals surface area contributed by atoms with Gasteiger partial charge in [-0.05, 0) is 55.1 Å². The maximum atomic E-state index is 3.27. The Balaban J connectivity index is 2.05. The Morgan fingerprint density at radius 3 is 2.52 bits per heavy atom. The van der Waals surface area contributed by atoms with E-state index in [2.05, 4.69) is 72.3 Å². The van der Waals surface area contributed by atoms with Gasteiger partial charge >= 0.3 is 0 Å². The average molecular weight is 278 g/mol. The first-order chi connectivity index (χ1) is 10.2. The number of para-hydroxylation sites is 1. The number of hydrogen-bond acceptors (Lipinski definition) is 1. The molecule has 2 aromatic carbocycles. The summed E-state index contributed by atoms with van der Waals surface area (Å²) in [6, 6.07) is 17.6. The smallest absolute Gasteiger partial charge is 0.0486 e. The minimum Gasteiger partial charge on any atom is -0.339 e. The van der Waals surface area contributed by atoms with Gasteiger partial charge in [0, 0.05) is 24.3 Å². The summed E-state index contributed by atoms with van der Waals surface area (Å²) in [5, 5.41) is 4.58. The number of nitrogens with zero attached hydrogens (tertiary/aromatic N) is 1. The van der Waals surface area contributed by atoms with E-state index in [4.69, 9.17) is 0 Å². The Kier molecular flexibility index (Phi) is 3.80. The van der Waals surface area contributed by atoms with Gasteiger partial charge in [-0.15, -0.1) is 0 Å². The van der Waals surface area contributed by atoms with Gasteiger partial charge < -0.3 is 9.88 Å².